The Balaban J connectivity index is 2.58. The summed E-state index contributed by atoms with van der Waals surface area (Å²) in [5.41, 5.74) is 1.20. The largest absolute Gasteiger partial charge is 0.466 e. The Morgan fingerprint density at radius 1 is 1.31 bits per heavy atom. The predicted molar refractivity (Wildman–Crippen MR) is 66.8 cm³/mol. The molecule has 0 aliphatic heterocycles. The molecule has 0 heterocycles. The van der Waals surface area contributed by atoms with E-state index in [0.717, 1.165) is 29.9 Å². The zero-order chi connectivity index (χ0) is 11.8. The van der Waals surface area contributed by atoms with Crippen LogP contribution in [0, 0.1) is 0 Å². The second kappa shape index (κ2) is 7.65. The van der Waals surface area contributed by atoms with Crippen LogP contribution < -0.4 is 4.74 Å². The second-order valence-corrected chi connectivity index (χ2v) is 4.12. The minimum Gasteiger partial charge on any atom is -0.466 e. The first-order chi connectivity index (χ1) is 7.77. The van der Waals surface area contributed by atoms with E-state index >= 15 is 0 Å². The van der Waals surface area contributed by atoms with Crippen molar-refractivity contribution in [3.05, 3.63) is 28.2 Å². The van der Waals surface area contributed by atoms with Crippen molar-refractivity contribution in [3.63, 3.8) is 0 Å². The Hall–Kier alpha value is -0.580. The molecule has 0 aliphatic rings. The second-order valence-electron chi connectivity index (χ2n) is 3.26. The highest BCUT2D eigenvalue weighted by molar-refractivity contribution is 9.10. The van der Waals surface area contributed by atoms with E-state index in [4.69, 9.17) is 14.2 Å². The molecule has 0 bridgehead atoms. The molecule has 0 atom stereocenters. The van der Waals surface area contributed by atoms with Gasteiger partial charge in [0.1, 0.15) is 5.75 Å². The van der Waals surface area contributed by atoms with E-state index in [1.54, 1.807) is 7.11 Å². The molecule has 3 nitrogen and oxygen atoms in total. The quantitative estimate of drug-likeness (QED) is 0.570. The van der Waals surface area contributed by atoms with Crippen LogP contribution in [-0.4, -0.2) is 27.1 Å². The molecular weight excluding hydrogens is 272 g/mol. The van der Waals surface area contributed by atoms with Crippen LogP contribution in [0.25, 0.3) is 0 Å². The Bertz CT molecular complexity index is 315. The summed E-state index contributed by atoms with van der Waals surface area (Å²) in [6.07, 6.45) is 0.893. The van der Waals surface area contributed by atoms with Gasteiger partial charge in [0.2, 0.25) is 0 Å². The third kappa shape index (κ3) is 4.51. The molecule has 1 rings (SSSR count). The predicted octanol–water partition coefficient (Wildman–Crippen LogP) is 3.01. The zero-order valence-corrected chi connectivity index (χ0v) is 11.2. The highest BCUT2D eigenvalue weighted by Gasteiger charge is 2.02. The van der Waals surface area contributed by atoms with Crippen LogP contribution in [0.2, 0.25) is 0 Å². The molecule has 1 aromatic rings. The maximum absolute atomic E-state index is 5.42. The van der Waals surface area contributed by atoms with Gasteiger partial charge in [-0.2, -0.15) is 0 Å². The van der Waals surface area contributed by atoms with E-state index in [1.165, 1.54) is 5.56 Å². The van der Waals surface area contributed by atoms with Gasteiger partial charge in [-0.25, -0.2) is 0 Å². The third-order valence-corrected chi connectivity index (χ3v) is 2.72. The average Bonchev–Trinajstić information content (AvgIpc) is 2.30. The van der Waals surface area contributed by atoms with Gasteiger partial charge < -0.3 is 14.2 Å². The van der Waals surface area contributed by atoms with E-state index in [0.29, 0.717) is 0 Å². The van der Waals surface area contributed by atoms with Crippen LogP contribution in [0.15, 0.2) is 22.7 Å². The van der Waals surface area contributed by atoms with Crippen LogP contribution in [0.3, 0.4) is 0 Å². The van der Waals surface area contributed by atoms with Crippen molar-refractivity contribution in [3.8, 4) is 5.75 Å². The van der Waals surface area contributed by atoms with Gasteiger partial charge in [-0.15, -0.1) is 0 Å². The van der Waals surface area contributed by atoms with Crippen molar-refractivity contribution in [2.45, 2.75) is 13.3 Å². The van der Waals surface area contributed by atoms with Crippen LogP contribution in [0.1, 0.15) is 12.5 Å². The van der Waals surface area contributed by atoms with Gasteiger partial charge >= 0.3 is 0 Å². The number of hydrogen-bond acceptors (Lipinski definition) is 3. The number of halogens is 1. The Morgan fingerprint density at radius 3 is 2.81 bits per heavy atom. The fraction of sp³-hybridized carbons (Fsp3) is 0.500. The van der Waals surface area contributed by atoms with Gasteiger partial charge in [0.15, 0.2) is 6.79 Å². The minimum atomic E-state index is 0.257. The molecule has 0 fully saturated rings. The first-order valence-electron chi connectivity index (χ1n) is 5.25. The highest BCUT2D eigenvalue weighted by Crippen LogP contribution is 2.26. The molecule has 0 saturated carbocycles. The molecule has 0 aliphatic carbocycles. The summed E-state index contributed by atoms with van der Waals surface area (Å²) in [5, 5.41) is 0. The van der Waals surface area contributed by atoms with Crippen LogP contribution >= 0.6 is 15.9 Å². The van der Waals surface area contributed by atoms with Crippen molar-refractivity contribution in [2.24, 2.45) is 0 Å². The molecule has 0 radical (unpaired) electrons. The summed E-state index contributed by atoms with van der Waals surface area (Å²) in [6.45, 7) is 3.74. The van der Waals surface area contributed by atoms with Crippen LogP contribution in [-0.2, 0) is 15.9 Å². The average molecular weight is 289 g/mol. The lowest BCUT2D eigenvalue weighted by molar-refractivity contribution is 0.0505. The third-order valence-electron chi connectivity index (χ3n) is 2.07. The topological polar surface area (TPSA) is 27.7 Å². The summed E-state index contributed by atoms with van der Waals surface area (Å²) >= 11 is 3.43. The molecule has 0 amide bonds. The number of ether oxygens (including phenoxy) is 3. The Morgan fingerprint density at radius 2 is 2.12 bits per heavy atom. The number of hydrogen-bond donors (Lipinski definition) is 0. The summed E-state index contributed by atoms with van der Waals surface area (Å²) in [7, 11) is 1.60. The monoisotopic (exact) mass is 288 g/mol. The van der Waals surface area contributed by atoms with Gasteiger partial charge in [0, 0.05) is 13.7 Å². The smallest absolute Gasteiger partial charge is 0.188 e. The zero-order valence-electron chi connectivity index (χ0n) is 9.66. The molecule has 0 spiro atoms. The highest BCUT2D eigenvalue weighted by atomic mass is 79.9. The summed E-state index contributed by atoms with van der Waals surface area (Å²) in [5.74, 6) is 0.802. The first-order valence-corrected chi connectivity index (χ1v) is 6.05. The van der Waals surface area contributed by atoms with Crippen molar-refractivity contribution < 1.29 is 14.2 Å². The fourth-order valence-corrected chi connectivity index (χ4v) is 1.63. The molecule has 4 heteroatoms. The first kappa shape index (κ1) is 13.5. The van der Waals surface area contributed by atoms with Crippen molar-refractivity contribution in [1.82, 2.24) is 0 Å². The van der Waals surface area contributed by atoms with Crippen LogP contribution in [0.5, 0.6) is 5.75 Å². The molecule has 0 unspecified atom stereocenters. The number of benzene rings is 1. The Kier molecular flexibility index (Phi) is 6.45. The van der Waals surface area contributed by atoms with Gasteiger partial charge in [0.25, 0.3) is 0 Å². The van der Waals surface area contributed by atoms with Gasteiger partial charge in [0.05, 0.1) is 11.1 Å². The lowest BCUT2D eigenvalue weighted by Gasteiger charge is -2.09. The number of rotatable bonds is 7. The van der Waals surface area contributed by atoms with Gasteiger partial charge in [-0.05, 0) is 47.0 Å². The van der Waals surface area contributed by atoms with Crippen molar-refractivity contribution in [2.75, 3.05) is 27.1 Å². The maximum atomic E-state index is 5.42. The summed E-state index contributed by atoms with van der Waals surface area (Å²) in [4.78, 5) is 0. The Labute approximate surface area is 105 Å². The van der Waals surface area contributed by atoms with E-state index in [9.17, 15) is 0 Å². The SMILES string of the molecule is CCOCCc1ccc(Br)c(OCOC)c1. The molecule has 90 valence electrons. The molecule has 0 N–H and O–H groups in total. The normalized spacial score (nSPS) is 10.4. The maximum Gasteiger partial charge on any atom is 0.188 e. The summed E-state index contributed by atoms with van der Waals surface area (Å²) in [6, 6.07) is 6.04. The van der Waals surface area contributed by atoms with Crippen LogP contribution in [0.4, 0.5) is 0 Å². The molecule has 0 aromatic heterocycles. The van der Waals surface area contributed by atoms with Gasteiger partial charge in [-0.1, -0.05) is 6.07 Å². The lowest BCUT2D eigenvalue weighted by Crippen LogP contribution is -2.01. The van der Waals surface area contributed by atoms with E-state index in [1.807, 2.05) is 19.1 Å². The van der Waals surface area contributed by atoms with E-state index in [-0.39, 0.29) is 6.79 Å². The fourth-order valence-electron chi connectivity index (χ4n) is 1.27. The van der Waals surface area contributed by atoms with Crippen molar-refractivity contribution >= 4 is 15.9 Å². The van der Waals surface area contributed by atoms with Crippen molar-refractivity contribution in [1.29, 1.82) is 0 Å². The minimum absolute atomic E-state index is 0.257. The van der Waals surface area contributed by atoms with Gasteiger partial charge in [-0.3, -0.25) is 0 Å². The summed E-state index contributed by atoms with van der Waals surface area (Å²) < 4.78 is 16.5. The molecule has 1 aromatic carbocycles. The van der Waals surface area contributed by atoms with E-state index < -0.39 is 0 Å². The molecular formula is C12H17BrO3. The lowest BCUT2D eigenvalue weighted by atomic mass is 10.1. The van der Waals surface area contributed by atoms with E-state index in [2.05, 4.69) is 22.0 Å². The number of methoxy groups -OCH3 is 1. The standard InChI is InChI=1S/C12H17BrO3/c1-3-15-7-6-10-4-5-11(13)12(8-10)16-9-14-2/h4-5,8H,3,6-7,9H2,1-2H3. The molecule has 16 heavy (non-hydrogen) atoms. The molecule has 0 saturated heterocycles.